The summed E-state index contributed by atoms with van der Waals surface area (Å²) >= 11 is 7.83. The fourth-order valence-corrected chi connectivity index (χ4v) is 5.94. The van der Waals surface area contributed by atoms with Crippen LogP contribution in [0.2, 0.25) is 5.02 Å². The van der Waals surface area contributed by atoms with Gasteiger partial charge in [-0.1, -0.05) is 73.1 Å². The Labute approximate surface area is 205 Å². The van der Waals surface area contributed by atoms with Crippen molar-refractivity contribution in [1.82, 2.24) is 5.32 Å². The summed E-state index contributed by atoms with van der Waals surface area (Å²) in [6.45, 7) is 2.11. The molecule has 0 unspecified atom stereocenters. The third-order valence-corrected chi connectivity index (χ3v) is 8.19. The number of nitrogens with zero attached hydrogens (tertiary/aromatic N) is 1. The van der Waals surface area contributed by atoms with Crippen molar-refractivity contribution < 1.29 is 13.2 Å². The van der Waals surface area contributed by atoms with E-state index in [0.717, 1.165) is 21.9 Å². The monoisotopic (exact) mass is 502 g/mol. The minimum absolute atomic E-state index is 0.152. The van der Waals surface area contributed by atoms with Crippen LogP contribution < -0.4 is 9.62 Å². The Morgan fingerprint density at radius 3 is 2.27 bits per heavy atom. The van der Waals surface area contributed by atoms with Crippen LogP contribution >= 0.6 is 23.4 Å². The number of anilines is 1. The topological polar surface area (TPSA) is 66.5 Å². The van der Waals surface area contributed by atoms with E-state index < -0.39 is 10.0 Å². The third-order valence-electron chi connectivity index (χ3n) is 5.04. The number of hydrogen-bond donors (Lipinski definition) is 1. The number of rotatable bonds is 11. The van der Waals surface area contributed by atoms with Crippen LogP contribution in [0.4, 0.5) is 5.69 Å². The maximum absolute atomic E-state index is 13.4. The lowest BCUT2D eigenvalue weighted by atomic mass is 10.1. The van der Waals surface area contributed by atoms with Crippen molar-refractivity contribution in [3.05, 3.63) is 95.0 Å². The number of carbonyl (C=O) groups is 1. The van der Waals surface area contributed by atoms with Gasteiger partial charge in [-0.3, -0.25) is 9.10 Å². The van der Waals surface area contributed by atoms with E-state index in [1.54, 1.807) is 54.2 Å². The van der Waals surface area contributed by atoms with E-state index in [9.17, 15) is 13.2 Å². The van der Waals surface area contributed by atoms with Crippen molar-refractivity contribution in [3.63, 3.8) is 0 Å². The molecule has 174 valence electrons. The zero-order valence-corrected chi connectivity index (χ0v) is 20.8. The minimum atomic E-state index is -3.91. The Balaban J connectivity index is 1.67. The second kappa shape index (κ2) is 12.1. The van der Waals surface area contributed by atoms with Crippen molar-refractivity contribution in [3.8, 4) is 0 Å². The van der Waals surface area contributed by atoms with Gasteiger partial charge in [0.25, 0.3) is 10.0 Å². The molecule has 0 atom stereocenters. The van der Waals surface area contributed by atoms with E-state index in [4.69, 9.17) is 11.6 Å². The Hall–Kier alpha value is -2.48. The first-order chi connectivity index (χ1) is 15.9. The molecule has 0 bridgehead atoms. The van der Waals surface area contributed by atoms with Crippen molar-refractivity contribution in [2.45, 2.75) is 24.0 Å². The summed E-state index contributed by atoms with van der Waals surface area (Å²) < 4.78 is 28.1. The van der Waals surface area contributed by atoms with Gasteiger partial charge < -0.3 is 5.32 Å². The van der Waals surface area contributed by atoms with Crippen LogP contribution in [-0.4, -0.2) is 33.2 Å². The molecule has 0 saturated carbocycles. The number of benzene rings is 3. The number of aryl methyl sites for hydroxylation is 1. The van der Waals surface area contributed by atoms with E-state index in [1.807, 2.05) is 43.3 Å². The molecule has 0 heterocycles. The lowest BCUT2D eigenvalue weighted by molar-refractivity contribution is -0.119. The highest BCUT2D eigenvalue weighted by atomic mass is 35.5. The molecule has 0 radical (unpaired) electrons. The Morgan fingerprint density at radius 1 is 0.939 bits per heavy atom. The number of carbonyl (C=O) groups excluding carboxylic acids is 1. The molecule has 3 aromatic carbocycles. The normalized spacial score (nSPS) is 11.2. The van der Waals surface area contributed by atoms with Crippen molar-refractivity contribution >= 4 is 45.0 Å². The number of nitrogens with one attached hydrogen (secondary N) is 1. The van der Waals surface area contributed by atoms with Gasteiger partial charge in [-0.25, -0.2) is 8.42 Å². The molecular weight excluding hydrogens is 476 g/mol. The molecule has 8 heteroatoms. The smallest absolute Gasteiger partial charge is 0.264 e. The molecule has 0 aliphatic heterocycles. The Kier molecular flexibility index (Phi) is 9.23. The first-order valence-electron chi connectivity index (χ1n) is 10.7. The summed E-state index contributed by atoms with van der Waals surface area (Å²) in [4.78, 5) is 12.9. The van der Waals surface area contributed by atoms with Gasteiger partial charge in [0.05, 0.1) is 10.6 Å². The van der Waals surface area contributed by atoms with E-state index in [-0.39, 0.29) is 17.3 Å². The van der Waals surface area contributed by atoms with Crippen LogP contribution in [0, 0.1) is 0 Å². The average molecular weight is 503 g/mol. The molecule has 3 aromatic rings. The summed E-state index contributed by atoms with van der Waals surface area (Å²) in [5.41, 5.74) is 2.43. The van der Waals surface area contributed by atoms with Crippen LogP contribution in [-0.2, 0) is 27.0 Å². The number of thioether (sulfide) groups is 1. The molecule has 0 fully saturated rings. The molecule has 0 spiro atoms. The van der Waals surface area contributed by atoms with Gasteiger partial charge in [0.15, 0.2) is 0 Å². The van der Waals surface area contributed by atoms with Crippen LogP contribution in [0.15, 0.2) is 83.8 Å². The summed E-state index contributed by atoms with van der Waals surface area (Å²) in [6, 6.07) is 23.1. The van der Waals surface area contributed by atoms with Crippen LogP contribution in [0.1, 0.15) is 18.1 Å². The van der Waals surface area contributed by atoms with Crippen LogP contribution in [0.5, 0.6) is 0 Å². The highest BCUT2D eigenvalue weighted by molar-refractivity contribution is 7.98. The Morgan fingerprint density at radius 2 is 1.58 bits per heavy atom. The quantitative estimate of drug-likeness (QED) is 0.368. The van der Waals surface area contributed by atoms with Gasteiger partial charge >= 0.3 is 0 Å². The molecule has 0 aliphatic carbocycles. The number of para-hydroxylation sites is 1. The lowest BCUT2D eigenvalue weighted by Gasteiger charge is -2.26. The largest absolute Gasteiger partial charge is 0.354 e. The van der Waals surface area contributed by atoms with E-state index in [1.165, 1.54) is 4.31 Å². The van der Waals surface area contributed by atoms with Crippen molar-refractivity contribution in [2.75, 3.05) is 23.1 Å². The zero-order valence-electron chi connectivity index (χ0n) is 18.4. The maximum atomic E-state index is 13.4. The summed E-state index contributed by atoms with van der Waals surface area (Å²) in [5, 5.41) is 3.57. The van der Waals surface area contributed by atoms with Crippen molar-refractivity contribution in [2.24, 2.45) is 0 Å². The Bertz CT molecular complexity index is 1170. The molecule has 3 rings (SSSR count). The second-order valence-electron chi connectivity index (χ2n) is 7.30. The highest BCUT2D eigenvalue weighted by Gasteiger charge is 2.28. The van der Waals surface area contributed by atoms with Crippen LogP contribution in [0.3, 0.4) is 0 Å². The fraction of sp³-hybridized carbons (Fsp3) is 0.240. The zero-order chi connectivity index (χ0) is 23.7. The number of halogens is 1. The molecule has 0 saturated heterocycles. The molecular formula is C25H27ClN2O3S2. The van der Waals surface area contributed by atoms with E-state index in [2.05, 4.69) is 5.32 Å². The predicted molar refractivity (Wildman–Crippen MR) is 137 cm³/mol. The summed E-state index contributed by atoms with van der Waals surface area (Å²) in [6.07, 6.45) is 0.650. The van der Waals surface area contributed by atoms with Gasteiger partial charge in [-0.2, -0.15) is 11.8 Å². The predicted octanol–water partition coefficient (Wildman–Crippen LogP) is 5.15. The molecule has 5 nitrogen and oxygen atoms in total. The number of sulfonamides is 1. The van der Waals surface area contributed by atoms with E-state index in [0.29, 0.717) is 24.4 Å². The number of hydrogen-bond acceptors (Lipinski definition) is 4. The highest BCUT2D eigenvalue weighted by Crippen LogP contribution is 2.27. The van der Waals surface area contributed by atoms with Crippen LogP contribution in [0.25, 0.3) is 0 Å². The SMILES string of the molecule is CCc1ccccc1N(CC(=O)NCCSCc1ccccc1Cl)S(=O)(=O)c1ccccc1. The number of amides is 1. The second-order valence-corrected chi connectivity index (χ2v) is 10.7. The third kappa shape index (κ3) is 6.76. The maximum Gasteiger partial charge on any atom is 0.264 e. The summed E-state index contributed by atoms with van der Waals surface area (Å²) in [7, 11) is -3.91. The van der Waals surface area contributed by atoms with Gasteiger partial charge in [-0.05, 0) is 41.8 Å². The molecule has 33 heavy (non-hydrogen) atoms. The lowest BCUT2D eigenvalue weighted by Crippen LogP contribution is -2.41. The van der Waals surface area contributed by atoms with E-state index >= 15 is 0 Å². The summed E-state index contributed by atoms with van der Waals surface area (Å²) in [5.74, 6) is 1.08. The van der Waals surface area contributed by atoms with Gasteiger partial charge in [0.1, 0.15) is 6.54 Å². The molecule has 0 aromatic heterocycles. The van der Waals surface area contributed by atoms with Gasteiger partial charge in [0, 0.05) is 23.1 Å². The first kappa shape index (κ1) is 25.1. The minimum Gasteiger partial charge on any atom is -0.354 e. The standard InChI is InChI=1S/C25H27ClN2O3S2/c1-2-20-10-7-9-15-24(20)28(33(30,31)22-12-4-3-5-13-22)18-25(29)27-16-17-32-19-21-11-6-8-14-23(21)26/h3-15H,2,16-19H2,1H3,(H,27,29). The van der Waals surface area contributed by atoms with Gasteiger partial charge in [-0.15, -0.1) is 0 Å². The fourth-order valence-electron chi connectivity index (χ4n) is 3.32. The average Bonchev–Trinajstić information content (AvgIpc) is 2.84. The molecule has 1 N–H and O–H groups in total. The molecule has 1 amide bonds. The van der Waals surface area contributed by atoms with Gasteiger partial charge in [0.2, 0.25) is 5.91 Å². The van der Waals surface area contributed by atoms with Crippen molar-refractivity contribution in [1.29, 1.82) is 0 Å². The first-order valence-corrected chi connectivity index (χ1v) is 13.6. The molecule has 0 aliphatic rings.